The normalized spacial score (nSPS) is 23.2. The van der Waals surface area contributed by atoms with Crippen LogP contribution in [0.2, 0.25) is 0 Å². The first-order valence-corrected chi connectivity index (χ1v) is 11.9. The highest BCUT2D eigenvalue weighted by molar-refractivity contribution is 14.0. The SMILES string of the molecule is CCNC(=NCCCCN1CCN(Cc2ccccc2)CC1)NC1CCC(O)CC1.I. The summed E-state index contributed by atoms with van der Waals surface area (Å²) >= 11 is 0. The van der Waals surface area contributed by atoms with E-state index >= 15 is 0 Å². The van der Waals surface area contributed by atoms with Gasteiger partial charge in [0.1, 0.15) is 0 Å². The van der Waals surface area contributed by atoms with Crippen molar-refractivity contribution < 1.29 is 5.11 Å². The zero-order valence-electron chi connectivity index (χ0n) is 19.1. The Labute approximate surface area is 205 Å². The van der Waals surface area contributed by atoms with Crippen molar-refractivity contribution in [3.05, 3.63) is 35.9 Å². The molecule has 0 radical (unpaired) electrons. The van der Waals surface area contributed by atoms with Crippen LogP contribution in [0, 0.1) is 0 Å². The minimum atomic E-state index is -0.109. The van der Waals surface area contributed by atoms with Crippen LogP contribution in [-0.4, -0.2) is 78.8 Å². The molecule has 3 rings (SSSR count). The zero-order chi connectivity index (χ0) is 21.0. The second kappa shape index (κ2) is 15.0. The lowest BCUT2D eigenvalue weighted by Gasteiger charge is -2.34. The molecule has 2 aliphatic rings. The van der Waals surface area contributed by atoms with Gasteiger partial charge in [-0.2, -0.15) is 0 Å². The number of aliphatic hydroxyl groups is 1. The zero-order valence-corrected chi connectivity index (χ0v) is 21.5. The largest absolute Gasteiger partial charge is 0.393 e. The molecular weight excluding hydrogens is 501 g/mol. The molecule has 2 fully saturated rings. The molecule has 6 nitrogen and oxygen atoms in total. The van der Waals surface area contributed by atoms with E-state index in [4.69, 9.17) is 4.99 Å². The quantitative estimate of drug-likeness (QED) is 0.194. The van der Waals surface area contributed by atoms with Crippen LogP contribution in [-0.2, 0) is 6.54 Å². The average Bonchev–Trinajstić information content (AvgIpc) is 2.77. The molecule has 0 bridgehead atoms. The molecule has 0 amide bonds. The van der Waals surface area contributed by atoms with Gasteiger partial charge in [0, 0.05) is 51.9 Å². The van der Waals surface area contributed by atoms with Crippen molar-refractivity contribution >= 4 is 29.9 Å². The Bertz CT molecular complexity index is 614. The molecule has 7 heteroatoms. The number of aliphatic hydroxyl groups excluding tert-OH is 1. The molecule has 0 aromatic heterocycles. The monoisotopic (exact) mass is 543 g/mol. The van der Waals surface area contributed by atoms with Crippen LogP contribution in [0.1, 0.15) is 51.0 Å². The van der Waals surface area contributed by atoms with E-state index < -0.39 is 0 Å². The number of hydrogen-bond donors (Lipinski definition) is 3. The first-order chi connectivity index (χ1) is 14.7. The lowest BCUT2D eigenvalue weighted by atomic mass is 9.93. The molecular formula is C24H42IN5O. The standard InChI is InChI=1S/C24H41N5O.HI/c1-2-25-24(27-22-10-12-23(30)13-11-22)26-14-6-7-15-28-16-18-29(19-17-28)20-21-8-4-3-5-9-21;/h3-5,8-9,22-23,30H,2,6-7,10-20H2,1H3,(H2,25,26,27);1H. The highest BCUT2D eigenvalue weighted by Crippen LogP contribution is 2.18. The molecule has 1 aromatic carbocycles. The number of halogens is 1. The van der Waals surface area contributed by atoms with Gasteiger partial charge < -0.3 is 20.6 Å². The number of hydrogen-bond acceptors (Lipinski definition) is 4. The van der Waals surface area contributed by atoms with Crippen molar-refractivity contribution in [3.63, 3.8) is 0 Å². The van der Waals surface area contributed by atoms with E-state index in [-0.39, 0.29) is 30.1 Å². The van der Waals surface area contributed by atoms with E-state index in [9.17, 15) is 5.11 Å². The number of nitrogens with zero attached hydrogens (tertiary/aromatic N) is 3. The Morgan fingerprint density at radius 3 is 2.35 bits per heavy atom. The second-order valence-electron chi connectivity index (χ2n) is 8.72. The molecule has 176 valence electrons. The highest BCUT2D eigenvalue weighted by atomic mass is 127. The molecule has 0 atom stereocenters. The minimum Gasteiger partial charge on any atom is -0.393 e. The fourth-order valence-electron chi connectivity index (χ4n) is 4.38. The fraction of sp³-hybridized carbons (Fsp3) is 0.708. The summed E-state index contributed by atoms with van der Waals surface area (Å²) in [6, 6.07) is 11.2. The van der Waals surface area contributed by atoms with Crippen LogP contribution in [0.25, 0.3) is 0 Å². The third-order valence-corrected chi connectivity index (χ3v) is 6.25. The predicted molar refractivity (Wildman–Crippen MR) is 140 cm³/mol. The van der Waals surface area contributed by atoms with Crippen LogP contribution < -0.4 is 10.6 Å². The van der Waals surface area contributed by atoms with Crippen LogP contribution in [0.4, 0.5) is 0 Å². The summed E-state index contributed by atoms with van der Waals surface area (Å²) in [5.41, 5.74) is 1.42. The Morgan fingerprint density at radius 2 is 1.68 bits per heavy atom. The van der Waals surface area contributed by atoms with E-state index in [1.165, 1.54) is 31.6 Å². The summed E-state index contributed by atoms with van der Waals surface area (Å²) in [4.78, 5) is 9.94. The Kier molecular flexibility index (Phi) is 12.8. The van der Waals surface area contributed by atoms with E-state index in [1.807, 2.05) is 0 Å². The highest BCUT2D eigenvalue weighted by Gasteiger charge is 2.20. The number of unbranched alkanes of at least 4 members (excludes halogenated alkanes) is 1. The smallest absolute Gasteiger partial charge is 0.191 e. The van der Waals surface area contributed by atoms with Gasteiger partial charge in [0.2, 0.25) is 0 Å². The van der Waals surface area contributed by atoms with Crippen molar-refractivity contribution in [1.29, 1.82) is 0 Å². The molecule has 1 heterocycles. The molecule has 1 saturated heterocycles. The molecule has 3 N–H and O–H groups in total. The number of rotatable bonds is 9. The predicted octanol–water partition coefficient (Wildman–Crippen LogP) is 3.06. The number of guanidine groups is 1. The molecule has 1 aliphatic heterocycles. The molecule has 1 aromatic rings. The lowest BCUT2D eigenvalue weighted by Crippen LogP contribution is -2.46. The summed E-state index contributed by atoms with van der Waals surface area (Å²) < 4.78 is 0. The number of nitrogens with one attached hydrogen (secondary N) is 2. The van der Waals surface area contributed by atoms with Crippen LogP contribution in [0.5, 0.6) is 0 Å². The molecule has 0 unspecified atom stereocenters. The van der Waals surface area contributed by atoms with E-state index in [1.54, 1.807) is 0 Å². The van der Waals surface area contributed by atoms with Crippen molar-refractivity contribution in [2.24, 2.45) is 4.99 Å². The van der Waals surface area contributed by atoms with Gasteiger partial charge in [0.25, 0.3) is 0 Å². The van der Waals surface area contributed by atoms with E-state index in [0.29, 0.717) is 6.04 Å². The molecule has 1 aliphatic carbocycles. The van der Waals surface area contributed by atoms with Crippen molar-refractivity contribution in [1.82, 2.24) is 20.4 Å². The number of piperazine rings is 1. The number of benzene rings is 1. The summed E-state index contributed by atoms with van der Waals surface area (Å²) in [5, 5.41) is 16.6. The Hall–Kier alpha value is -0.900. The summed E-state index contributed by atoms with van der Waals surface area (Å²) in [6.45, 7) is 10.8. The maximum Gasteiger partial charge on any atom is 0.191 e. The van der Waals surface area contributed by atoms with E-state index in [2.05, 4.69) is 57.7 Å². The van der Waals surface area contributed by atoms with Gasteiger partial charge in [-0.25, -0.2) is 0 Å². The van der Waals surface area contributed by atoms with Gasteiger partial charge in [-0.1, -0.05) is 30.3 Å². The van der Waals surface area contributed by atoms with Gasteiger partial charge in [0.05, 0.1) is 6.10 Å². The van der Waals surface area contributed by atoms with Gasteiger partial charge >= 0.3 is 0 Å². The van der Waals surface area contributed by atoms with E-state index in [0.717, 1.165) is 70.8 Å². The first-order valence-electron chi connectivity index (χ1n) is 11.9. The van der Waals surface area contributed by atoms with Gasteiger partial charge in [-0.15, -0.1) is 24.0 Å². The Morgan fingerprint density at radius 1 is 1.00 bits per heavy atom. The molecule has 31 heavy (non-hydrogen) atoms. The fourth-order valence-corrected chi connectivity index (χ4v) is 4.38. The van der Waals surface area contributed by atoms with Crippen molar-refractivity contribution in [2.45, 2.75) is 64.1 Å². The van der Waals surface area contributed by atoms with Gasteiger partial charge in [0.15, 0.2) is 5.96 Å². The molecule has 1 saturated carbocycles. The topological polar surface area (TPSA) is 63.1 Å². The summed E-state index contributed by atoms with van der Waals surface area (Å²) in [7, 11) is 0. The summed E-state index contributed by atoms with van der Waals surface area (Å²) in [5.74, 6) is 0.938. The maximum absolute atomic E-state index is 9.67. The van der Waals surface area contributed by atoms with Gasteiger partial charge in [-0.3, -0.25) is 9.89 Å². The molecule has 0 spiro atoms. The minimum absolute atomic E-state index is 0. The van der Waals surface area contributed by atoms with Crippen molar-refractivity contribution in [2.75, 3.05) is 45.8 Å². The van der Waals surface area contributed by atoms with Crippen molar-refractivity contribution in [3.8, 4) is 0 Å². The second-order valence-corrected chi connectivity index (χ2v) is 8.72. The van der Waals surface area contributed by atoms with Crippen LogP contribution in [0.15, 0.2) is 35.3 Å². The summed E-state index contributed by atoms with van der Waals surface area (Å²) in [6.07, 6.45) is 6.08. The maximum atomic E-state index is 9.67. The lowest BCUT2D eigenvalue weighted by molar-refractivity contribution is 0.120. The number of aliphatic imine (C=N–C) groups is 1. The first kappa shape index (κ1) is 26.4. The third kappa shape index (κ3) is 10.1. The average molecular weight is 544 g/mol. The van der Waals surface area contributed by atoms with Gasteiger partial charge in [-0.05, 0) is 57.6 Å². The third-order valence-electron chi connectivity index (χ3n) is 6.25. The van der Waals surface area contributed by atoms with Crippen LogP contribution >= 0.6 is 24.0 Å². The Balaban J connectivity index is 0.00000341. The van der Waals surface area contributed by atoms with Crippen LogP contribution in [0.3, 0.4) is 0 Å².